The molecule has 1 aliphatic rings. The van der Waals surface area contributed by atoms with E-state index in [0.29, 0.717) is 0 Å². The van der Waals surface area contributed by atoms with Crippen molar-refractivity contribution in [2.75, 3.05) is 11.4 Å². The Hall–Kier alpha value is -1.45. The second-order valence-electron chi connectivity index (χ2n) is 4.18. The third-order valence-corrected chi connectivity index (χ3v) is 3.10. The summed E-state index contributed by atoms with van der Waals surface area (Å²) in [6.07, 6.45) is -0.339. The first-order valence-corrected chi connectivity index (χ1v) is 5.59. The van der Waals surface area contributed by atoms with Gasteiger partial charge in [-0.25, -0.2) is 0 Å². The number of halogens is 3. The summed E-state index contributed by atoms with van der Waals surface area (Å²) < 4.78 is 37.2. The van der Waals surface area contributed by atoms with Gasteiger partial charge in [0.1, 0.15) is 0 Å². The topological polar surface area (TPSA) is 3.24 Å². The summed E-state index contributed by atoms with van der Waals surface area (Å²) in [7, 11) is 0. The van der Waals surface area contributed by atoms with E-state index in [9.17, 15) is 13.2 Å². The predicted molar refractivity (Wildman–Crippen MR) is 62.0 cm³/mol. The standard InChI is InChI=1S/C13H14F3N/c1-2-11-4-3-9-17(11)12-7-5-10(6-8-12)13(14,15)16/h2,5-8,11H,1,3-4,9H2. The minimum Gasteiger partial charge on any atom is -0.365 e. The van der Waals surface area contributed by atoms with E-state index in [-0.39, 0.29) is 6.04 Å². The van der Waals surface area contributed by atoms with Crippen molar-refractivity contribution in [3.8, 4) is 0 Å². The first kappa shape index (κ1) is 12.0. The second kappa shape index (κ2) is 4.43. The number of hydrogen-bond acceptors (Lipinski definition) is 1. The van der Waals surface area contributed by atoms with Crippen LogP contribution in [0.3, 0.4) is 0 Å². The molecule has 0 bridgehead atoms. The lowest BCUT2D eigenvalue weighted by Crippen LogP contribution is -2.27. The summed E-state index contributed by atoms with van der Waals surface area (Å²) >= 11 is 0. The van der Waals surface area contributed by atoms with E-state index in [1.54, 1.807) is 0 Å². The van der Waals surface area contributed by atoms with Crippen molar-refractivity contribution in [3.05, 3.63) is 42.5 Å². The van der Waals surface area contributed by atoms with Crippen LogP contribution in [0.25, 0.3) is 0 Å². The fourth-order valence-electron chi connectivity index (χ4n) is 2.20. The first-order valence-electron chi connectivity index (χ1n) is 5.59. The average Bonchev–Trinajstić information content (AvgIpc) is 2.76. The van der Waals surface area contributed by atoms with Gasteiger partial charge in [-0.3, -0.25) is 0 Å². The van der Waals surface area contributed by atoms with E-state index < -0.39 is 11.7 Å². The van der Waals surface area contributed by atoms with Gasteiger partial charge in [-0.1, -0.05) is 6.08 Å². The zero-order chi connectivity index (χ0) is 12.5. The van der Waals surface area contributed by atoms with E-state index in [2.05, 4.69) is 11.5 Å². The van der Waals surface area contributed by atoms with Crippen LogP contribution >= 0.6 is 0 Å². The van der Waals surface area contributed by atoms with Crippen molar-refractivity contribution >= 4 is 5.69 Å². The van der Waals surface area contributed by atoms with Gasteiger partial charge in [0.2, 0.25) is 0 Å². The SMILES string of the molecule is C=CC1CCCN1c1ccc(C(F)(F)F)cc1. The van der Waals surface area contributed by atoms with Crippen LogP contribution in [0, 0.1) is 0 Å². The fraction of sp³-hybridized carbons (Fsp3) is 0.385. The van der Waals surface area contributed by atoms with Gasteiger partial charge in [-0.15, -0.1) is 6.58 Å². The predicted octanol–water partition coefficient (Wildman–Crippen LogP) is 3.86. The molecule has 17 heavy (non-hydrogen) atoms. The lowest BCUT2D eigenvalue weighted by molar-refractivity contribution is -0.137. The van der Waals surface area contributed by atoms with Gasteiger partial charge >= 0.3 is 6.18 Å². The Morgan fingerprint density at radius 3 is 2.41 bits per heavy atom. The van der Waals surface area contributed by atoms with Crippen LogP contribution in [0.4, 0.5) is 18.9 Å². The highest BCUT2D eigenvalue weighted by molar-refractivity contribution is 5.50. The number of nitrogens with zero attached hydrogens (tertiary/aromatic N) is 1. The monoisotopic (exact) mass is 241 g/mol. The summed E-state index contributed by atoms with van der Waals surface area (Å²) in [5.74, 6) is 0. The second-order valence-corrected chi connectivity index (χ2v) is 4.18. The molecule has 1 unspecified atom stereocenters. The summed E-state index contributed by atoms with van der Waals surface area (Å²) in [6.45, 7) is 4.63. The minimum absolute atomic E-state index is 0.242. The molecule has 1 nitrogen and oxygen atoms in total. The fourth-order valence-corrected chi connectivity index (χ4v) is 2.20. The number of anilines is 1. The normalized spacial score (nSPS) is 20.6. The number of benzene rings is 1. The van der Waals surface area contributed by atoms with Crippen molar-refractivity contribution in [3.63, 3.8) is 0 Å². The Morgan fingerprint density at radius 1 is 1.24 bits per heavy atom. The Kier molecular flexibility index (Phi) is 3.13. The third kappa shape index (κ3) is 2.46. The molecule has 2 rings (SSSR count). The van der Waals surface area contributed by atoms with Crippen LogP contribution in [0.2, 0.25) is 0 Å². The number of hydrogen-bond donors (Lipinski definition) is 0. The van der Waals surface area contributed by atoms with Gasteiger partial charge in [0.15, 0.2) is 0 Å². The molecule has 0 saturated carbocycles. The molecule has 0 aliphatic carbocycles. The molecule has 92 valence electrons. The summed E-state index contributed by atoms with van der Waals surface area (Å²) in [5, 5.41) is 0. The van der Waals surface area contributed by atoms with E-state index in [1.807, 2.05) is 6.08 Å². The van der Waals surface area contributed by atoms with Gasteiger partial charge in [-0.05, 0) is 37.1 Å². The van der Waals surface area contributed by atoms with Crippen molar-refractivity contribution in [1.29, 1.82) is 0 Å². The molecule has 0 amide bonds. The molecule has 4 heteroatoms. The Labute approximate surface area is 98.5 Å². The largest absolute Gasteiger partial charge is 0.416 e. The van der Waals surface area contributed by atoms with Crippen LogP contribution in [0.5, 0.6) is 0 Å². The van der Waals surface area contributed by atoms with Crippen molar-refractivity contribution in [2.45, 2.75) is 25.1 Å². The first-order chi connectivity index (χ1) is 8.02. The maximum atomic E-state index is 12.4. The third-order valence-electron chi connectivity index (χ3n) is 3.10. The molecular formula is C13H14F3N. The van der Waals surface area contributed by atoms with Crippen LogP contribution in [-0.2, 0) is 6.18 Å². The molecule has 0 N–H and O–H groups in total. The van der Waals surface area contributed by atoms with Gasteiger partial charge in [-0.2, -0.15) is 13.2 Å². The molecule has 1 aliphatic heterocycles. The molecule has 0 aromatic heterocycles. The molecule has 1 fully saturated rings. The Bertz CT molecular complexity index is 394. The van der Waals surface area contributed by atoms with Crippen LogP contribution in [0.15, 0.2) is 36.9 Å². The van der Waals surface area contributed by atoms with E-state index in [0.717, 1.165) is 37.2 Å². The molecule has 0 spiro atoms. The molecule has 1 heterocycles. The highest BCUT2D eigenvalue weighted by atomic mass is 19.4. The molecule has 1 saturated heterocycles. The van der Waals surface area contributed by atoms with Gasteiger partial charge in [0.05, 0.1) is 5.56 Å². The van der Waals surface area contributed by atoms with Crippen LogP contribution < -0.4 is 4.90 Å². The maximum absolute atomic E-state index is 12.4. The van der Waals surface area contributed by atoms with Crippen molar-refractivity contribution in [2.24, 2.45) is 0 Å². The van der Waals surface area contributed by atoms with Crippen LogP contribution in [0.1, 0.15) is 18.4 Å². The van der Waals surface area contributed by atoms with E-state index in [4.69, 9.17) is 0 Å². The Balaban J connectivity index is 2.21. The zero-order valence-electron chi connectivity index (χ0n) is 9.37. The lowest BCUT2D eigenvalue weighted by Gasteiger charge is -2.24. The molecule has 1 atom stereocenters. The average molecular weight is 241 g/mol. The zero-order valence-corrected chi connectivity index (χ0v) is 9.37. The lowest BCUT2D eigenvalue weighted by atomic mass is 10.1. The van der Waals surface area contributed by atoms with E-state index >= 15 is 0 Å². The highest BCUT2D eigenvalue weighted by Gasteiger charge is 2.30. The summed E-state index contributed by atoms with van der Waals surface area (Å²) in [6, 6.07) is 5.57. The summed E-state index contributed by atoms with van der Waals surface area (Å²) in [4.78, 5) is 2.09. The quantitative estimate of drug-likeness (QED) is 0.711. The number of rotatable bonds is 2. The van der Waals surface area contributed by atoms with Crippen molar-refractivity contribution < 1.29 is 13.2 Å². The Morgan fingerprint density at radius 2 is 1.88 bits per heavy atom. The summed E-state index contributed by atoms with van der Waals surface area (Å²) in [5.41, 5.74) is 0.232. The minimum atomic E-state index is -4.26. The highest BCUT2D eigenvalue weighted by Crippen LogP contribution is 2.32. The molecule has 1 aromatic carbocycles. The van der Waals surface area contributed by atoms with Crippen LogP contribution in [-0.4, -0.2) is 12.6 Å². The maximum Gasteiger partial charge on any atom is 0.416 e. The smallest absolute Gasteiger partial charge is 0.365 e. The number of alkyl halides is 3. The molecule has 1 aromatic rings. The van der Waals surface area contributed by atoms with Gasteiger partial charge < -0.3 is 4.90 Å². The van der Waals surface area contributed by atoms with E-state index in [1.165, 1.54) is 12.1 Å². The van der Waals surface area contributed by atoms with Crippen molar-refractivity contribution in [1.82, 2.24) is 0 Å². The van der Waals surface area contributed by atoms with Gasteiger partial charge in [0, 0.05) is 18.3 Å². The van der Waals surface area contributed by atoms with Gasteiger partial charge in [0.25, 0.3) is 0 Å². The molecule has 0 radical (unpaired) electrons. The molecular weight excluding hydrogens is 227 g/mol.